The first-order valence-electron chi connectivity index (χ1n) is 5.73. The minimum atomic E-state index is -0.205. The van der Waals surface area contributed by atoms with Crippen molar-refractivity contribution in [1.29, 1.82) is 0 Å². The lowest BCUT2D eigenvalue weighted by Gasteiger charge is -2.17. The first-order chi connectivity index (χ1) is 8.72. The molecule has 1 N–H and O–H groups in total. The standard InChI is InChI=1S/C14H14BrFN2/c1-17-9-12(14-4-2-3-7-18-14)11-8-10(15)5-6-13(11)16/h2-8,12,17H,9H2,1H3. The van der Waals surface area contributed by atoms with E-state index in [2.05, 4.69) is 26.2 Å². The van der Waals surface area contributed by atoms with Gasteiger partial charge in [0.05, 0.1) is 0 Å². The van der Waals surface area contributed by atoms with Gasteiger partial charge in [0, 0.05) is 28.8 Å². The molecule has 4 heteroatoms. The Kier molecular flexibility index (Phi) is 4.44. The van der Waals surface area contributed by atoms with Crippen LogP contribution in [0, 0.1) is 5.82 Å². The first-order valence-corrected chi connectivity index (χ1v) is 6.52. The molecule has 1 aromatic carbocycles. The van der Waals surface area contributed by atoms with Crippen molar-refractivity contribution in [2.24, 2.45) is 0 Å². The summed E-state index contributed by atoms with van der Waals surface area (Å²) in [6.45, 7) is 0.643. The van der Waals surface area contributed by atoms with Gasteiger partial charge in [-0.3, -0.25) is 4.98 Å². The largest absolute Gasteiger partial charge is 0.319 e. The lowest BCUT2D eigenvalue weighted by atomic mass is 9.94. The quantitative estimate of drug-likeness (QED) is 0.937. The van der Waals surface area contributed by atoms with E-state index < -0.39 is 0 Å². The summed E-state index contributed by atoms with van der Waals surface area (Å²) >= 11 is 3.38. The average molecular weight is 309 g/mol. The fourth-order valence-electron chi connectivity index (χ4n) is 1.94. The molecule has 2 nitrogen and oxygen atoms in total. The predicted molar refractivity (Wildman–Crippen MR) is 74.1 cm³/mol. The molecule has 2 rings (SSSR count). The van der Waals surface area contributed by atoms with Gasteiger partial charge in [-0.15, -0.1) is 0 Å². The maximum Gasteiger partial charge on any atom is 0.127 e. The Labute approximate surface area is 114 Å². The first kappa shape index (κ1) is 13.2. The van der Waals surface area contributed by atoms with E-state index in [0.29, 0.717) is 12.1 Å². The van der Waals surface area contributed by atoms with Crippen LogP contribution in [0.2, 0.25) is 0 Å². The van der Waals surface area contributed by atoms with Crippen LogP contribution in [0.5, 0.6) is 0 Å². The Balaban J connectivity index is 2.44. The van der Waals surface area contributed by atoms with Crippen LogP contribution in [0.1, 0.15) is 17.2 Å². The van der Waals surface area contributed by atoms with Gasteiger partial charge in [-0.2, -0.15) is 0 Å². The minimum absolute atomic E-state index is 0.0892. The summed E-state index contributed by atoms with van der Waals surface area (Å²) < 4.78 is 14.8. The molecule has 0 aliphatic carbocycles. The normalized spacial score (nSPS) is 12.4. The van der Waals surface area contributed by atoms with Crippen LogP contribution < -0.4 is 5.32 Å². The maximum absolute atomic E-state index is 14.0. The van der Waals surface area contributed by atoms with Crippen LogP contribution in [0.4, 0.5) is 4.39 Å². The molecular weight excluding hydrogens is 295 g/mol. The van der Waals surface area contributed by atoms with Crippen molar-refractivity contribution in [2.45, 2.75) is 5.92 Å². The number of hydrogen-bond donors (Lipinski definition) is 1. The monoisotopic (exact) mass is 308 g/mol. The second kappa shape index (κ2) is 6.07. The van der Waals surface area contributed by atoms with Crippen LogP contribution in [-0.2, 0) is 0 Å². The second-order valence-corrected chi connectivity index (χ2v) is 4.95. The topological polar surface area (TPSA) is 24.9 Å². The van der Waals surface area contributed by atoms with Crippen molar-refractivity contribution < 1.29 is 4.39 Å². The Hall–Kier alpha value is -1.26. The van der Waals surface area contributed by atoms with E-state index in [1.807, 2.05) is 31.3 Å². The molecule has 0 radical (unpaired) electrons. The molecule has 0 aliphatic heterocycles. The predicted octanol–water partition coefficient (Wildman–Crippen LogP) is 3.33. The molecule has 1 aromatic heterocycles. The summed E-state index contributed by atoms with van der Waals surface area (Å²) in [6.07, 6.45) is 1.73. The van der Waals surface area contributed by atoms with Gasteiger partial charge >= 0.3 is 0 Å². The molecule has 0 saturated carbocycles. The minimum Gasteiger partial charge on any atom is -0.319 e. The summed E-state index contributed by atoms with van der Waals surface area (Å²) in [5.74, 6) is -0.294. The number of hydrogen-bond acceptors (Lipinski definition) is 2. The highest BCUT2D eigenvalue weighted by molar-refractivity contribution is 9.10. The van der Waals surface area contributed by atoms with Gasteiger partial charge in [0.1, 0.15) is 5.82 Å². The maximum atomic E-state index is 14.0. The average Bonchev–Trinajstić information content (AvgIpc) is 2.40. The van der Waals surface area contributed by atoms with Crippen LogP contribution in [0.15, 0.2) is 47.1 Å². The van der Waals surface area contributed by atoms with Gasteiger partial charge in [0.15, 0.2) is 0 Å². The van der Waals surface area contributed by atoms with Crippen molar-refractivity contribution >= 4 is 15.9 Å². The number of rotatable bonds is 4. The van der Waals surface area contributed by atoms with Gasteiger partial charge in [-0.1, -0.05) is 22.0 Å². The molecule has 0 spiro atoms. The molecule has 1 atom stereocenters. The third-order valence-electron chi connectivity index (χ3n) is 2.79. The van der Waals surface area contributed by atoms with Gasteiger partial charge in [-0.25, -0.2) is 4.39 Å². The second-order valence-electron chi connectivity index (χ2n) is 4.03. The van der Waals surface area contributed by atoms with Crippen LogP contribution >= 0.6 is 15.9 Å². The zero-order valence-electron chi connectivity index (χ0n) is 10.0. The number of nitrogens with zero attached hydrogens (tertiary/aromatic N) is 1. The molecule has 2 aromatic rings. The van der Waals surface area contributed by atoms with E-state index >= 15 is 0 Å². The molecule has 1 unspecified atom stereocenters. The van der Waals surface area contributed by atoms with Crippen molar-refractivity contribution in [2.75, 3.05) is 13.6 Å². The number of benzene rings is 1. The molecule has 0 saturated heterocycles. The van der Waals surface area contributed by atoms with Crippen molar-refractivity contribution in [1.82, 2.24) is 10.3 Å². The number of aromatic nitrogens is 1. The smallest absolute Gasteiger partial charge is 0.127 e. The molecule has 0 aliphatic rings. The van der Waals surface area contributed by atoms with Crippen molar-refractivity contribution in [3.63, 3.8) is 0 Å². The summed E-state index contributed by atoms with van der Waals surface area (Å²) in [5, 5.41) is 3.09. The Morgan fingerprint density at radius 1 is 1.33 bits per heavy atom. The highest BCUT2D eigenvalue weighted by Gasteiger charge is 2.18. The summed E-state index contributed by atoms with van der Waals surface area (Å²) in [5.41, 5.74) is 1.52. The number of likely N-dealkylation sites (N-methyl/N-ethyl adjacent to an activating group) is 1. The highest BCUT2D eigenvalue weighted by Crippen LogP contribution is 2.27. The lowest BCUT2D eigenvalue weighted by Crippen LogP contribution is -2.20. The molecule has 0 bridgehead atoms. The number of pyridine rings is 1. The number of nitrogens with one attached hydrogen (secondary N) is 1. The van der Waals surface area contributed by atoms with E-state index in [1.54, 1.807) is 12.3 Å². The molecule has 0 amide bonds. The summed E-state index contributed by atoms with van der Waals surface area (Å²) in [6, 6.07) is 10.7. The fraction of sp³-hybridized carbons (Fsp3) is 0.214. The lowest BCUT2D eigenvalue weighted by molar-refractivity contribution is 0.582. The SMILES string of the molecule is CNCC(c1ccccn1)c1cc(Br)ccc1F. The van der Waals surface area contributed by atoms with Crippen LogP contribution in [0.25, 0.3) is 0 Å². The molecule has 18 heavy (non-hydrogen) atoms. The van der Waals surface area contributed by atoms with Gasteiger partial charge in [0.25, 0.3) is 0 Å². The Morgan fingerprint density at radius 2 is 2.17 bits per heavy atom. The zero-order chi connectivity index (χ0) is 13.0. The van der Waals surface area contributed by atoms with E-state index in [-0.39, 0.29) is 11.7 Å². The Morgan fingerprint density at radius 3 is 2.83 bits per heavy atom. The fourth-order valence-corrected chi connectivity index (χ4v) is 2.32. The van der Waals surface area contributed by atoms with Crippen LogP contribution in [-0.4, -0.2) is 18.6 Å². The van der Waals surface area contributed by atoms with Crippen molar-refractivity contribution in [3.05, 3.63) is 64.1 Å². The molecule has 1 heterocycles. The van der Waals surface area contributed by atoms with Crippen molar-refractivity contribution in [3.8, 4) is 0 Å². The van der Waals surface area contributed by atoms with Crippen LogP contribution in [0.3, 0.4) is 0 Å². The van der Waals surface area contributed by atoms with E-state index in [1.165, 1.54) is 6.07 Å². The zero-order valence-corrected chi connectivity index (χ0v) is 11.6. The molecule has 94 valence electrons. The van der Waals surface area contributed by atoms with Gasteiger partial charge < -0.3 is 5.32 Å². The Bertz CT molecular complexity index is 516. The third-order valence-corrected chi connectivity index (χ3v) is 3.28. The van der Waals surface area contributed by atoms with E-state index in [4.69, 9.17) is 0 Å². The molecule has 0 fully saturated rings. The van der Waals surface area contributed by atoms with Gasteiger partial charge in [0.2, 0.25) is 0 Å². The van der Waals surface area contributed by atoms with Gasteiger partial charge in [-0.05, 0) is 42.9 Å². The summed E-state index contributed by atoms with van der Waals surface area (Å²) in [7, 11) is 1.85. The van der Waals surface area contributed by atoms with E-state index in [9.17, 15) is 4.39 Å². The molecular formula is C14H14BrFN2. The third kappa shape index (κ3) is 2.94. The number of halogens is 2. The highest BCUT2D eigenvalue weighted by atomic mass is 79.9. The van der Waals surface area contributed by atoms with E-state index in [0.717, 1.165) is 10.2 Å². The summed E-state index contributed by atoms with van der Waals surface area (Å²) in [4.78, 5) is 4.32.